The number of amides is 1. The molecule has 0 bridgehead atoms. The van der Waals surface area contributed by atoms with Crippen molar-refractivity contribution in [3.05, 3.63) is 35.4 Å². The summed E-state index contributed by atoms with van der Waals surface area (Å²) in [5, 5.41) is 0. The van der Waals surface area contributed by atoms with Gasteiger partial charge in [-0.1, -0.05) is 24.3 Å². The molecule has 3 aliphatic heterocycles. The Morgan fingerprint density at radius 1 is 1.06 bits per heavy atom. The molecular weight excluding hydrogens is 224 g/mol. The molecule has 3 aliphatic rings. The van der Waals surface area contributed by atoms with Crippen LogP contribution in [0.3, 0.4) is 0 Å². The second-order valence-electron chi connectivity index (χ2n) is 5.60. The number of benzene rings is 1. The van der Waals surface area contributed by atoms with Gasteiger partial charge < -0.3 is 4.90 Å². The Bertz CT molecular complexity index is 499. The molecule has 0 aliphatic carbocycles. The highest BCUT2D eigenvalue weighted by atomic mass is 16.2. The van der Waals surface area contributed by atoms with Crippen LogP contribution in [-0.2, 0) is 11.2 Å². The predicted molar refractivity (Wildman–Crippen MR) is 68.9 cm³/mol. The monoisotopic (exact) mass is 242 g/mol. The molecule has 2 atom stereocenters. The van der Waals surface area contributed by atoms with Crippen LogP contribution >= 0.6 is 0 Å². The summed E-state index contributed by atoms with van der Waals surface area (Å²) in [6, 6.07) is 9.37. The summed E-state index contributed by atoms with van der Waals surface area (Å²) in [7, 11) is 0. The molecule has 2 unspecified atom stereocenters. The fourth-order valence-electron chi connectivity index (χ4n) is 3.95. The van der Waals surface area contributed by atoms with Crippen molar-refractivity contribution >= 4 is 5.91 Å². The molecule has 1 aromatic carbocycles. The van der Waals surface area contributed by atoms with Crippen molar-refractivity contribution in [2.24, 2.45) is 0 Å². The van der Waals surface area contributed by atoms with E-state index in [9.17, 15) is 4.79 Å². The van der Waals surface area contributed by atoms with E-state index in [1.807, 2.05) is 0 Å². The zero-order chi connectivity index (χ0) is 12.1. The molecule has 3 heterocycles. The first-order chi connectivity index (χ1) is 8.84. The minimum Gasteiger partial charge on any atom is -0.327 e. The number of carbonyl (C=O) groups excluding carboxylic acids is 1. The molecule has 3 nitrogen and oxygen atoms in total. The molecule has 0 N–H and O–H groups in total. The summed E-state index contributed by atoms with van der Waals surface area (Å²) in [6.07, 6.45) is 4.38. The smallest absolute Gasteiger partial charge is 0.223 e. The van der Waals surface area contributed by atoms with Crippen LogP contribution in [0.15, 0.2) is 24.3 Å². The van der Waals surface area contributed by atoms with E-state index in [0.29, 0.717) is 18.1 Å². The molecule has 0 spiro atoms. The largest absolute Gasteiger partial charge is 0.327 e. The Hall–Kier alpha value is -1.35. The van der Waals surface area contributed by atoms with E-state index in [4.69, 9.17) is 0 Å². The summed E-state index contributed by atoms with van der Waals surface area (Å²) in [5.74, 6) is 0.359. The van der Waals surface area contributed by atoms with Crippen molar-refractivity contribution in [1.82, 2.24) is 9.80 Å². The molecule has 0 aromatic heterocycles. The lowest BCUT2D eigenvalue weighted by Gasteiger charge is -2.48. The topological polar surface area (TPSA) is 23.6 Å². The van der Waals surface area contributed by atoms with Gasteiger partial charge >= 0.3 is 0 Å². The molecule has 1 aromatic rings. The third-order valence-corrected chi connectivity index (χ3v) is 4.78. The van der Waals surface area contributed by atoms with Crippen LogP contribution in [0.2, 0.25) is 0 Å². The van der Waals surface area contributed by atoms with E-state index in [1.165, 1.54) is 11.1 Å². The maximum atomic E-state index is 11.8. The van der Waals surface area contributed by atoms with Gasteiger partial charge in [0.2, 0.25) is 5.91 Å². The van der Waals surface area contributed by atoms with Crippen molar-refractivity contribution in [1.29, 1.82) is 0 Å². The highest BCUT2D eigenvalue weighted by Crippen LogP contribution is 2.40. The maximum Gasteiger partial charge on any atom is 0.223 e. The van der Waals surface area contributed by atoms with Crippen LogP contribution in [0.1, 0.15) is 36.4 Å². The van der Waals surface area contributed by atoms with Gasteiger partial charge in [0.25, 0.3) is 0 Å². The standard InChI is InChI=1S/C15H18N2O/c18-15-6-5-14-16-9-7-11-3-1-2-4-12(11)13(16)8-10-17(14)15/h1-4,13-14H,5-10H2. The molecular formula is C15H18N2O. The van der Waals surface area contributed by atoms with Crippen LogP contribution in [0.25, 0.3) is 0 Å². The first-order valence-electron chi connectivity index (χ1n) is 6.97. The second-order valence-corrected chi connectivity index (χ2v) is 5.60. The third-order valence-electron chi connectivity index (χ3n) is 4.78. The van der Waals surface area contributed by atoms with E-state index >= 15 is 0 Å². The van der Waals surface area contributed by atoms with Gasteiger partial charge in [-0.15, -0.1) is 0 Å². The molecule has 94 valence electrons. The summed E-state index contributed by atoms with van der Waals surface area (Å²) < 4.78 is 0. The Labute approximate surface area is 107 Å². The van der Waals surface area contributed by atoms with Crippen molar-refractivity contribution in [2.75, 3.05) is 13.1 Å². The lowest BCUT2D eigenvalue weighted by atomic mass is 9.88. The van der Waals surface area contributed by atoms with Crippen molar-refractivity contribution < 1.29 is 4.79 Å². The molecule has 2 saturated heterocycles. The minimum absolute atomic E-state index is 0.359. The van der Waals surface area contributed by atoms with E-state index in [0.717, 1.165) is 38.8 Å². The van der Waals surface area contributed by atoms with E-state index < -0.39 is 0 Å². The average Bonchev–Trinajstić information content (AvgIpc) is 2.80. The van der Waals surface area contributed by atoms with Gasteiger partial charge in [0, 0.05) is 25.6 Å². The van der Waals surface area contributed by atoms with E-state index in [-0.39, 0.29) is 0 Å². The highest BCUT2D eigenvalue weighted by Gasteiger charge is 2.43. The Balaban J connectivity index is 1.71. The second kappa shape index (κ2) is 3.82. The number of hydrogen-bond donors (Lipinski definition) is 0. The quantitative estimate of drug-likeness (QED) is 0.694. The maximum absolute atomic E-state index is 11.8. The van der Waals surface area contributed by atoms with E-state index in [2.05, 4.69) is 34.1 Å². The number of hydrogen-bond acceptors (Lipinski definition) is 2. The zero-order valence-electron chi connectivity index (χ0n) is 10.5. The van der Waals surface area contributed by atoms with Crippen LogP contribution in [0.5, 0.6) is 0 Å². The van der Waals surface area contributed by atoms with Gasteiger partial charge in [-0.2, -0.15) is 0 Å². The zero-order valence-corrected chi connectivity index (χ0v) is 10.5. The Morgan fingerprint density at radius 3 is 2.89 bits per heavy atom. The fraction of sp³-hybridized carbons (Fsp3) is 0.533. The van der Waals surface area contributed by atoms with Crippen molar-refractivity contribution in [3.63, 3.8) is 0 Å². The van der Waals surface area contributed by atoms with Gasteiger partial charge in [0.15, 0.2) is 0 Å². The van der Waals surface area contributed by atoms with Crippen LogP contribution in [0, 0.1) is 0 Å². The summed E-state index contributed by atoms with van der Waals surface area (Å²) >= 11 is 0. The van der Waals surface area contributed by atoms with Crippen LogP contribution < -0.4 is 0 Å². The normalized spacial score (nSPS) is 30.9. The summed E-state index contributed by atoms with van der Waals surface area (Å²) in [4.78, 5) is 16.5. The summed E-state index contributed by atoms with van der Waals surface area (Å²) in [6.45, 7) is 2.05. The first-order valence-corrected chi connectivity index (χ1v) is 6.97. The highest BCUT2D eigenvalue weighted by molar-refractivity contribution is 5.78. The number of fused-ring (bicyclic) bond motifs is 5. The molecule has 1 amide bonds. The van der Waals surface area contributed by atoms with Crippen LogP contribution in [0.4, 0.5) is 0 Å². The average molecular weight is 242 g/mol. The molecule has 2 fully saturated rings. The lowest BCUT2D eigenvalue weighted by molar-refractivity contribution is -0.135. The van der Waals surface area contributed by atoms with Gasteiger partial charge in [0.1, 0.15) is 0 Å². The molecule has 0 saturated carbocycles. The predicted octanol–water partition coefficient (Wildman–Crippen LogP) is 1.94. The molecule has 3 heteroatoms. The Kier molecular flexibility index (Phi) is 2.24. The lowest BCUT2D eigenvalue weighted by Crippen LogP contribution is -2.54. The van der Waals surface area contributed by atoms with Crippen LogP contribution in [-0.4, -0.2) is 35.0 Å². The molecule has 0 radical (unpaired) electrons. The fourth-order valence-corrected chi connectivity index (χ4v) is 3.95. The van der Waals surface area contributed by atoms with Crippen molar-refractivity contribution in [3.8, 4) is 0 Å². The number of carbonyl (C=O) groups is 1. The van der Waals surface area contributed by atoms with Gasteiger partial charge in [-0.3, -0.25) is 9.69 Å². The number of rotatable bonds is 0. The molecule has 18 heavy (non-hydrogen) atoms. The minimum atomic E-state index is 0.359. The summed E-state index contributed by atoms with van der Waals surface area (Å²) in [5.41, 5.74) is 3.01. The first kappa shape index (κ1) is 10.6. The number of nitrogens with zero attached hydrogens (tertiary/aromatic N) is 2. The van der Waals surface area contributed by atoms with Gasteiger partial charge in [0.05, 0.1) is 6.17 Å². The Morgan fingerprint density at radius 2 is 1.94 bits per heavy atom. The van der Waals surface area contributed by atoms with Gasteiger partial charge in [-0.25, -0.2) is 0 Å². The van der Waals surface area contributed by atoms with Crippen molar-refractivity contribution in [2.45, 2.75) is 37.9 Å². The molecule has 4 rings (SSSR count). The third kappa shape index (κ3) is 1.37. The van der Waals surface area contributed by atoms with E-state index in [1.54, 1.807) is 0 Å². The van der Waals surface area contributed by atoms with Gasteiger partial charge in [-0.05, 0) is 30.4 Å². The SMILES string of the molecule is O=C1CCC2N1CCC1c3ccccc3CCN12.